The molecule has 7 atom stereocenters. The van der Waals surface area contributed by atoms with Crippen LogP contribution in [0.1, 0.15) is 18.9 Å². The molecule has 2 aliphatic carbocycles. The fraction of sp³-hybridized carbons (Fsp3) is 0.400. The molecule has 2 aromatic carbocycles. The predicted molar refractivity (Wildman–Crippen MR) is 131 cm³/mol. The number of nitrogens with one attached hydrogen (secondary N) is 1. The number of nitrogens with zero attached hydrogens (tertiary/aromatic N) is 1. The number of amides is 3. The summed E-state index contributed by atoms with van der Waals surface area (Å²) < 4.78 is 5.78. The second-order valence-electron chi connectivity index (χ2n) is 9.01. The van der Waals surface area contributed by atoms with Gasteiger partial charge in [-0.05, 0) is 55.0 Å². The minimum atomic E-state index is -0.869. The van der Waals surface area contributed by atoms with Crippen molar-refractivity contribution < 1.29 is 19.1 Å². The summed E-state index contributed by atoms with van der Waals surface area (Å²) in [5.41, 5.74) is 1.65. The molecule has 2 aromatic rings. The maximum atomic E-state index is 13.1. The number of hydrogen-bond acceptors (Lipinski definition) is 4. The van der Waals surface area contributed by atoms with Crippen LogP contribution in [-0.2, 0) is 21.0 Å². The lowest BCUT2D eigenvalue weighted by atomic mass is 9.81. The van der Waals surface area contributed by atoms with Crippen molar-refractivity contribution in [2.45, 2.75) is 35.6 Å². The van der Waals surface area contributed by atoms with E-state index in [0.717, 1.165) is 12.0 Å². The molecule has 1 aliphatic heterocycles. The number of hydrogen-bond donors (Lipinski definition) is 1. The Morgan fingerprint density at radius 3 is 2.15 bits per heavy atom. The van der Waals surface area contributed by atoms with Crippen molar-refractivity contribution >= 4 is 55.3 Å². The van der Waals surface area contributed by atoms with Crippen LogP contribution in [0.3, 0.4) is 0 Å². The number of halogens is 2. The van der Waals surface area contributed by atoms with Crippen LogP contribution in [0, 0.1) is 23.7 Å². The maximum Gasteiger partial charge on any atom is 0.247 e. The van der Waals surface area contributed by atoms with Crippen LogP contribution in [0.25, 0.3) is 0 Å². The molecule has 0 aromatic heterocycles. The van der Waals surface area contributed by atoms with Gasteiger partial charge >= 0.3 is 0 Å². The third-order valence-electron chi connectivity index (χ3n) is 7.16. The smallest absolute Gasteiger partial charge is 0.247 e. The van der Waals surface area contributed by atoms with Crippen LogP contribution in [0.2, 0.25) is 0 Å². The molecule has 3 aliphatic rings. The highest BCUT2D eigenvalue weighted by Crippen LogP contribution is 2.60. The Labute approximate surface area is 209 Å². The number of rotatable bonds is 6. The maximum absolute atomic E-state index is 13.1. The highest BCUT2D eigenvalue weighted by molar-refractivity contribution is 9.12. The first-order valence-electron chi connectivity index (χ1n) is 11.1. The van der Waals surface area contributed by atoms with E-state index in [4.69, 9.17) is 4.74 Å². The highest BCUT2D eigenvalue weighted by atomic mass is 79.9. The summed E-state index contributed by atoms with van der Waals surface area (Å²) in [6.45, 7) is 2.07. The Morgan fingerprint density at radius 2 is 1.58 bits per heavy atom. The number of anilines is 1. The van der Waals surface area contributed by atoms with Crippen LogP contribution < -0.4 is 10.1 Å². The lowest BCUT2D eigenvalue weighted by molar-refractivity contribution is -0.146. The van der Waals surface area contributed by atoms with E-state index in [0.29, 0.717) is 18.0 Å². The molecular formula is C25H24Br2N2O4. The SMILES string of the molecule is C[C@H](C(=O)Nc1ccc(OCc2ccccc2)cc1)N1C(=O)[C@@H]2[C@H]3C[C@@H]([C@H](Br)[C@H]3Br)[C@@H]2C1=O. The molecule has 6 nitrogen and oxygen atoms in total. The summed E-state index contributed by atoms with van der Waals surface area (Å²) in [7, 11) is 0. The van der Waals surface area contributed by atoms with Gasteiger partial charge in [-0.2, -0.15) is 0 Å². The van der Waals surface area contributed by atoms with Crippen molar-refractivity contribution in [3.63, 3.8) is 0 Å². The molecule has 1 saturated heterocycles. The van der Waals surface area contributed by atoms with Crippen molar-refractivity contribution in [2.75, 3.05) is 5.32 Å². The summed E-state index contributed by atoms with van der Waals surface area (Å²) in [6, 6.07) is 16.1. The summed E-state index contributed by atoms with van der Waals surface area (Å²) in [5.74, 6) is -0.509. The second-order valence-corrected chi connectivity index (χ2v) is 11.1. The van der Waals surface area contributed by atoms with Crippen LogP contribution >= 0.6 is 31.9 Å². The van der Waals surface area contributed by atoms with E-state index in [1.807, 2.05) is 30.3 Å². The second kappa shape index (κ2) is 8.87. The molecule has 5 rings (SSSR count). The lowest BCUT2D eigenvalue weighted by Gasteiger charge is -2.28. The summed E-state index contributed by atoms with van der Waals surface area (Å²) in [5, 5.41) is 2.82. The third kappa shape index (κ3) is 3.91. The average Bonchev–Trinajstić information content (AvgIpc) is 3.43. The van der Waals surface area contributed by atoms with E-state index in [2.05, 4.69) is 37.2 Å². The minimum Gasteiger partial charge on any atom is -0.489 e. The Morgan fingerprint density at radius 1 is 1.00 bits per heavy atom. The van der Waals surface area contributed by atoms with Gasteiger partial charge in [-0.25, -0.2) is 0 Å². The Kier molecular flexibility index (Phi) is 6.07. The van der Waals surface area contributed by atoms with Crippen molar-refractivity contribution in [1.29, 1.82) is 0 Å². The molecule has 2 bridgehead atoms. The molecule has 3 amide bonds. The number of benzene rings is 2. The van der Waals surface area contributed by atoms with Crippen molar-refractivity contribution in [3.8, 4) is 5.75 Å². The number of carbonyl (C=O) groups excluding carboxylic acids is 3. The summed E-state index contributed by atoms with van der Waals surface area (Å²) >= 11 is 7.37. The van der Waals surface area contributed by atoms with Crippen molar-refractivity contribution in [2.24, 2.45) is 23.7 Å². The highest BCUT2D eigenvalue weighted by Gasteiger charge is 2.67. The number of imide groups is 1. The van der Waals surface area contributed by atoms with Gasteiger partial charge in [-0.15, -0.1) is 0 Å². The Bertz CT molecular complexity index is 1050. The van der Waals surface area contributed by atoms with Gasteiger partial charge in [-0.1, -0.05) is 62.2 Å². The standard InChI is InChI=1S/C25H24Br2N2O4/c1-13(29-24(31)19-17-11-18(20(19)25(29)32)22(27)21(17)26)23(30)28-15-7-9-16(10-8-15)33-12-14-5-3-2-4-6-14/h2-10,13,17-22H,11-12H2,1H3,(H,28,30)/t13-,17-,18-,19-,20+,21+,22+/m1/s1. The van der Waals surface area contributed by atoms with E-state index >= 15 is 0 Å². The van der Waals surface area contributed by atoms with Gasteiger partial charge in [0.05, 0.1) is 11.8 Å². The van der Waals surface area contributed by atoms with Gasteiger partial charge in [0.2, 0.25) is 17.7 Å². The molecule has 0 radical (unpaired) electrons. The summed E-state index contributed by atoms with van der Waals surface area (Å²) in [4.78, 5) is 40.7. The molecule has 1 heterocycles. The zero-order valence-electron chi connectivity index (χ0n) is 18.0. The van der Waals surface area contributed by atoms with Crippen molar-refractivity contribution in [3.05, 3.63) is 60.2 Å². The fourth-order valence-corrected chi connectivity index (χ4v) is 7.37. The first kappa shape index (κ1) is 22.6. The topological polar surface area (TPSA) is 75.7 Å². The third-order valence-corrected chi connectivity index (χ3v) is 10.4. The zero-order valence-corrected chi connectivity index (χ0v) is 21.2. The van der Waals surface area contributed by atoms with E-state index in [1.165, 1.54) is 4.90 Å². The number of alkyl halides is 2. The normalized spacial score (nSPS) is 30.9. The van der Waals surface area contributed by atoms with E-state index in [9.17, 15) is 14.4 Å². The number of carbonyl (C=O) groups is 3. The van der Waals surface area contributed by atoms with Gasteiger partial charge in [-0.3, -0.25) is 19.3 Å². The molecule has 0 spiro atoms. The Balaban J connectivity index is 1.21. The first-order chi connectivity index (χ1) is 15.9. The largest absolute Gasteiger partial charge is 0.489 e. The number of likely N-dealkylation sites (tertiary alicyclic amines) is 1. The van der Waals surface area contributed by atoms with Crippen LogP contribution in [-0.4, -0.2) is 38.3 Å². The molecule has 0 unspecified atom stereocenters. The predicted octanol–water partition coefficient (Wildman–Crippen LogP) is 4.37. The molecular weight excluding hydrogens is 552 g/mol. The molecule has 172 valence electrons. The summed E-state index contributed by atoms with van der Waals surface area (Å²) in [6.07, 6.45) is 0.867. The first-order valence-corrected chi connectivity index (χ1v) is 12.9. The van der Waals surface area contributed by atoms with Crippen molar-refractivity contribution in [1.82, 2.24) is 4.90 Å². The lowest BCUT2D eigenvalue weighted by Crippen LogP contribution is -2.46. The molecule has 3 fully saturated rings. The van der Waals surface area contributed by atoms with Crippen LogP contribution in [0.5, 0.6) is 5.75 Å². The molecule has 33 heavy (non-hydrogen) atoms. The molecule has 1 N–H and O–H groups in total. The van der Waals surface area contributed by atoms with Crippen LogP contribution in [0.4, 0.5) is 5.69 Å². The number of fused-ring (bicyclic) bond motifs is 5. The zero-order chi connectivity index (χ0) is 23.3. The van der Waals surface area contributed by atoms with E-state index in [-0.39, 0.29) is 51.0 Å². The minimum absolute atomic E-state index is 0.129. The van der Waals surface area contributed by atoms with E-state index < -0.39 is 6.04 Å². The quantitative estimate of drug-likeness (QED) is 0.410. The Hall–Kier alpha value is -2.19. The molecule has 8 heteroatoms. The van der Waals surface area contributed by atoms with Gasteiger partial charge < -0.3 is 10.1 Å². The average molecular weight is 576 g/mol. The van der Waals surface area contributed by atoms with Gasteiger partial charge in [0.15, 0.2) is 0 Å². The molecule has 2 saturated carbocycles. The fourth-order valence-electron chi connectivity index (χ4n) is 5.49. The van der Waals surface area contributed by atoms with Crippen LogP contribution in [0.15, 0.2) is 54.6 Å². The van der Waals surface area contributed by atoms with Gasteiger partial charge in [0.1, 0.15) is 18.4 Å². The van der Waals surface area contributed by atoms with E-state index in [1.54, 1.807) is 31.2 Å². The number of ether oxygens (including phenoxy) is 1. The van der Waals surface area contributed by atoms with Gasteiger partial charge in [0, 0.05) is 15.3 Å². The van der Waals surface area contributed by atoms with Gasteiger partial charge in [0.25, 0.3) is 0 Å². The monoisotopic (exact) mass is 574 g/mol.